The molecule has 0 fully saturated rings. The number of nitrogens with zero attached hydrogens (tertiary/aromatic N) is 1. The van der Waals surface area contributed by atoms with Gasteiger partial charge in [-0.05, 0) is 47.7 Å². The minimum Gasteiger partial charge on any atom is -0.482 e. The lowest BCUT2D eigenvalue weighted by Gasteiger charge is -2.12. The van der Waals surface area contributed by atoms with Gasteiger partial charge in [0.15, 0.2) is 13.2 Å². The maximum absolute atomic E-state index is 11.9. The largest absolute Gasteiger partial charge is 0.482 e. The standard InChI is InChI=1S/C22H24N2O4/c1-15(2)18-7-4-16(3)20(12-18)27-14-22(26)28-13-21(25)24-19-8-5-17(6-9-19)10-11-23/h4-9,12,15H,10,13-14H2,1-3H3,(H,24,25). The molecule has 6 heteroatoms. The van der Waals surface area contributed by atoms with E-state index in [1.807, 2.05) is 25.1 Å². The lowest BCUT2D eigenvalue weighted by atomic mass is 10.0. The minimum atomic E-state index is -0.617. The summed E-state index contributed by atoms with van der Waals surface area (Å²) in [5.74, 6) is -0.0779. The van der Waals surface area contributed by atoms with Crippen LogP contribution < -0.4 is 10.1 Å². The summed E-state index contributed by atoms with van der Waals surface area (Å²) in [6.45, 7) is 5.41. The molecule has 0 spiro atoms. The van der Waals surface area contributed by atoms with Gasteiger partial charge >= 0.3 is 5.97 Å². The van der Waals surface area contributed by atoms with Crippen molar-refractivity contribution in [2.24, 2.45) is 0 Å². The molecular formula is C22H24N2O4. The SMILES string of the molecule is Cc1ccc(C(C)C)cc1OCC(=O)OCC(=O)Nc1ccc(CC#N)cc1. The Hall–Kier alpha value is -3.33. The number of esters is 1. The van der Waals surface area contributed by atoms with Crippen molar-refractivity contribution >= 4 is 17.6 Å². The fraction of sp³-hybridized carbons (Fsp3) is 0.318. The number of nitriles is 1. The summed E-state index contributed by atoms with van der Waals surface area (Å²) >= 11 is 0. The second-order valence-corrected chi connectivity index (χ2v) is 6.71. The van der Waals surface area contributed by atoms with Crippen LogP contribution in [-0.2, 0) is 20.7 Å². The van der Waals surface area contributed by atoms with Gasteiger partial charge in [0.25, 0.3) is 5.91 Å². The Bertz CT molecular complexity index is 867. The van der Waals surface area contributed by atoms with Gasteiger partial charge in [0, 0.05) is 5.69 Å². The van der Waals surface area contributed by atoms with Crippen molar-refractivity contribution in [1.82, 2.24) is 0 Å². The Morgan fingerprint density at radius 2 is 1.82 bits per heavy atom. The number of amides is 1. The van der Waals surface area contributed by atoms with E-state index in [-0.39, 0.29) is 6.61 Å². The highest BCUT2D eigenvalue weighted by Crippen LogP contribution is 2.24. The van der Waals surface area contributed by atoms with Crippen LogP contribution in [0.3, 0.4) is 0 Å². The fourth-order valence-corrected chi connectivity index (χ4v) is 2.45. The normalized spacial score (nSPS) is 10.2. The van der Waals surface area contributed by atoms with Gasteiger partial charge in [0.1, 0.15) is 5.75 Å². The lowest BCUT2D eigenvalue weighted by molar-refractivity contribution is -0.149. The molecule has 2 aromatic carbocycles. The van der Waals surface area contributed by atoms with Crippen LogP contribution in [0, 0.1) is 18.3 Å². The van der Waals surface area contributed by atoms with Crippen LogP contribution in [0.2, 0.25) is 0 Å². The minimum absolute atomic E-state index is 0.265. The summed E-state index contributed by atoms with van der Waals surface area (Å²) in [4.78, 5) is 23.8. The predicted octanol–water partition coefficient (Wildman–Crippen LogP) is 3.75. The summed E-state index contributed by atoms with van der Waals surface area (Å²) in [5.41, 5.74) is 3.48. The van der Waals surface area contributed by atoms with E-state index in [4.69, 9.17) is 14.7 Å². The number of nitrogens with one attached hydrogen (secondary N) is 1. The molecule has 0 atom stereocenters. The highest BCUT2D eigenvalue weighted by atomic mass is 16.6. The lowest BCUT2D eigenvalue weighted by Crippen LogP contribution is -2.23. The number of benzene rings is 2. The van der Waals surface area contributed by atoms with E-state index in [1.165, 1.54) is 0 Å². The van der Waals surface area contributed by atoms with E-state index in [2.05, 4.69) is 25.2 Å². The Morgan fingerprint density at radius 3 is 2.46 bits per heavy atom. The maximum Gasteiger partial charge on any atom is 0.344 e. The van der Waals surface area contributed by atoms with Crippen molar-refractivity contribution in [1.29, 1.82) is 5.26 Å². The van der Waals surface area contributed by atoms with Crippen molar-refractivity contribution in [3.05, 3.63) is 59.2 Å². The third-order valence-electron chi connectivity index (χ3n) is 4.11. The van der Waals surface area contributed by atoms with Gasteiger partial charge in [-0.1, -0.05) is 38.1 Å². The topological polar surface area (TPSA) is 88.4 Å². The van der Waals surface area contributed by atoms with E-state index in [0.717, 1.165) is 16.7 Å². The first-order chi connectivity index (χ1) is 13.4. The van der Waals surface area contributed by atoms with E-state index < -0.39 is 18.5 Å². The summed E-state index contributed by atoms with van der Waals surface area (Å²) in [5, 5.41) is 11.3. The van der Waals surface area contributed by atoms with Crippen LogP contribution in [0.25, 0.3) is 0 Å². The number of hydrogen-bond acceptors (Lipinski definition) is 5. The molecular weight excluding hydrogens is 356 g/mol. The molecule has 0 unspecified atom stereocenters. The molecule has 2 rings (SSSR count). The Balaban J connectivity index is 1.78. The molecule has 0 bridgehead atoms. The van der Waals surface area contributed by atoms with Gasteiger partial charge in [-0.25, -0.2) is 4.79 Å². The smallest absolute Gasteiger partial charge is 0.344 e. The number of carbonyl (C=O) groups is 2. The molecule has 0 aromatic heterocycles. The summed E-state index contributed by atoms with van der Waals surface area (Å²) in [6, 6.07) is 14.8. The Morgan fingerprint density at radius 1 is 1.11 bits per heavy atom. The molecule has 28 heavy (non-hydrogen) atoms. The number of ether oxygens (including phenoxy) is 2. The number of anilines is 1. The molecule has 0 aliphatic rings. The molecule has 0 saturated carbocycles. The molecule has 1 N–H and O–H groups in total. The molecule has 2 aromatic rings. The van der Waals surface area contributed by atoms with E-state index in [1.54, 1.807) is 24.3 Å². The van der Waals surface area contributed by atoms with Crippen LogP contribution in [0.15, 0.2) is 42.5 Å². The molecule has 0 aliphatic carbocycles. The van der Waals surface area contributed by atoms with Crippen LogP contribution in [0.5, 0.6) is 5.75 Å². The van der Waals surface area contributed by atoms with Crippen molar-refractivity contribution in [2.45, 2.75) is 33.1 Å². The zero-order valence-corrected chi connectivity index (χ0v) is 16.3. The Labute approximate surface area is 165 Å². The van der Waals surface area contributed by atoms with Gasteiger partial charge in [0.2, 0.25) is 0 Å². The highest BCUT2D eigenvalue weighted by Gasteiger charge is 2.11. The van der Waals surface area contributed by atoms with Crippen LogP contribution in [0.4, 0.5) is 5.69 Å². The first kappa shape index (κ1) is 21.0. The average molecular weight is 380 g/mol. The zero-order chi connectivity index (χ0) is 20.5. The molecule has 6 nitrogen and oxygen atoms in total. The number of carbonyl (C=O) groups excluding carboxylic acids is 2. The van der Waals surface area contributed by atoms with E-state index in [9.17, 15) is 9.59 Å². The summed E-state index contributed by atoms with van der Waals surface area (Å²) < 4.78 is 10.5. The third-order valence-corrected chi connectivity index (χ3v) is 4.11. The maximum atomic E-state index is 11.9. The third kappa shape index (κ3) is 6.44. The van der Waals surface area contributed by atoms with Crippen molar-refractivity contribution < 1.29 is 19.1 Å². The summed E-state index contributed by atoms with van der Waals surface area (Å²) in [7, 11) is 0. The quantitative estimate of drug-likeness (QED) is 0.705. The molecule has 0 saturated heterocycles. The van der Waals surface area contributed by atoms with Crippen LogP contribution in [0.1, 0.15) is 36.5 Å². The van der Waals surface area contributed by atoms with Crippen molar-refractivity contribution in [3.63, 3.8) is 0 Å². The highest BCUT2D eigenvalue weighted by molar-refractivity contribution is 5.92. The van der Waals surface area contributed by atoms with Gasteiger partial charge in [-0.3, -0.25) is 4.79 Å². The Kier molecular flexibility index (Phi) is 7.58. The molecule has 1 amide bonds. The van der Waals surface area contributed by atoms with Gasteiger partial charge < -0.3 is 14.8 Å². The first-order valence-electron chi connectivity index (χ1n) is 9.03. The number of rotatable bonds is 8. The number of aryl methyl sites for hydroxylation is 1. The zero-order valence-electron chi connectivity index (χ0n) is 16.3. The second kappa shape index (κ2) is 10.1. The molecule has 0 heterocycles. The first-order valence-corrected chi connectivity index (χ1v) is 9.03. The van der Waals surface area contributed by atoms with Crippen molar-refractivity contribution in [3.8, 4) is 11.8 Å². The van der Waals surface area contributed by atoms with Crippen LogP contribution >= 0.6 is 0 Å². The fourth-order valence-electron chi connectivity index (χ4n) is 2.45. The van der Waals surface area contributed by atoms with Gasteiger partial charge in [0.05, 0.1) is 12.5 Å². The number of hydrogen-bond donors (Lipinski definition) is 1. The second-order valence-electron chi connectivity index (χ2n) is 6.71. The summed E-state index contributed by atoms with van der Waals surface area (Å²) in [6.07, 6.45) is 0.311. The van der Waals surface area contributed by atoms with E-state index >= 15 is 0 Å². The van der Waals surface area contributed by atoms with Gasteiger partial charge in [-0.15, -0.1) is 0 Å². The predicted molar refractivity (Wildman–Crippen MR) is 106 cm³/mol. The van der Waals surface area contributed by atoms with E-state index in [0.29, 0.717) is 23.8 Å². The molecule has 0 radical (unpaired) electrons. The molecule has 146 valence electrons. The average Bonchev–Trinajstić information content (AvgIpc) is 2.67. The molecule has 0 aliphatic heterocycles. The van der Waals surface area contributed by atoms with Gasteiger partial charge in [-0.2, -0.15) is 5.26 Å². The monoisotopic (exact) mass is 380 g/mol. The van der Waals surface area contributed by atoms with Crippen LogP contribution in [-0.4, -0.2) is 25.1 Å². The van der Waals surface area contributed by atoms with Crippen molar-refractivity contribution in [2.75, 3.05) is 18.5 Å².